The lowest BCUT2D eigenvalue weighted by Crippen LogP contribution is -2.58. The van der Waals surface area contributed by atoms with Crippen LogP contribution in [0.3, 0.4) is 0 Å². The van der Waals surface area contributed by atoms with Crippen molar-refractivity contribution in [2.24, 2.45) is 5.92 Å². The number of carbonyl (C=O) groups is 2. The summed E-state index contributed by atoms with van der Waals surface area (Å²) in [4.78, 5) is 27.0. The minimum absolute atomic E-state index is 0.0167. The fourth-order valence-corrected chi connectivity index (χ4v) is 4.20. The average Bonchev–Trinajstić information content (AvgIpc) is 3.32. The Morgan fingerprint density at radius 2 is 1.95 bits per heavy atom. The Kier molecular flexibility index (Phi) is 4.91. The van der Waals surface area contributed by atoms with Crippen LogP contribution < -0.4 is 5.32 Å². The van der Waals surface area contributed by atoms with Crippen molar-refractivity contribution in [1.82, 2.24) is 10.2 Å². The first-order valence-electron chi connectivity index (χ1n) is 8.06. The van der Waals surface area contributed by atoms with Crippen LogP contribution in [0, 0.1) is 5.92 Å². The summed E-state index contributed by atoms with van der Waals surface area (Å²) in [5, 5.41) is 3.00. The lowest BCUT2D eigenvalue weighted by Gasteiger charge is -2.38. The van der Waals surface area contributed by atoms with Crippen LogP contribution in [0.4, 0.5) is 0 Å². The largest absolute Gasteiger partial charge is 0.342 e. The number of hydrogen-bond acceptors (Lipinski definition) is 3. The van der Waals surface area contributed by atoms with Crippen molar-refractivity contribution in [3.05, 3.63) is 0 Å². The molecule has 0 bridgehead atoms. The first-order valence-corrected chi connectivity index (χ1v) is 9.29. The third-order valence-corrected chi connectivity index (χ3v) is 6.91. The van der Waals surface area contributed by atoms with Crippen molar-refractivity contribution < 1.29 is 9.59 Å². The second-order valence-electron chi connectivity index (χ2n) is 6.60. The molecule has 1 heterocycles. The van der Waals surface area contributed by atoms with Crippen LogP contribution in [-0.4, -0.2) is 46.3 Å². The first kappa shape index (κ1) is 16.7. The highest BCUT2D eigenvalue weighted by Crippen LogP contribution is 2.42. The zero-order chi connectivity index (χ0) is 15.7. The minimum atomic E-state index is -0.681. The molecule has 2 rings (SSSR count). The normalized spacial score (nSPS) is 27.5. The quantitative estimate of drug-likeness (QED) is 0.819. The van der Waals surface area contributed by atoms with Crippen molar-refractivity contribution in [1.29, 1.82) is 0 Å². The Labute approximate surface area is 132 Å². The van der Waals surface area contributed by atoms with Crippen molar-refractivity contribution in [3.63, 3.8) is 0 Å². The van der Waals surface area contributed by atoms with E-state index in [9.17, 15) is 9.59 Å². The van der Waals surface area contributed by atoms with Crippen LogP contribution in [0.25, 0.3) is 0 Å². The maximum absolute atomic E-state index is 13.0. The van der Waals surface area contributed by atoms with Crippen LogP contribution in [0.15, 0.2) is 0 Å². The fourth-order valence-electron chi connectivity index (χ4n) is 3.33. The summed E-state index contributed by atoms with van der Waals surface area (Å²) in [5.74, 6) is 0.459. The van der Waals surface area contributed by atoms with Crippen molar-refractivity contribution in [3.8, 4) is 0 Å². The standard InChI is InChI=1S/C16H28N2O2S/c1-5-16(6-2,21-4)11-18-10-9-13(19)17-15(3,14(18)20)12-7-8-12/h12H,5-11H2,1-4H3,(H,17,19). The molecule has 5 heteroatoms. The molecule has 0 radical (unpaired) electrons. The maximum atomic E-state index is 13.0. The predicted octanol–water partition coefficient (Wildman–Crippen LogP) is 2.43. The zero-order valence-electron chi connectivity index (χ0n) is 13.7. The molecular formula is C16H28N2O2S. The summed E-state index contributed by atoms with van der Waals surface area (Å²) >= 11 is 1.85. The van der Waals surface area contributed by atoms with E-state index in [1.165, 1.54) is 0 Å². The summed E-state index contributed by atoms with van der Waals surface area (Å²) in [6, 6.07) is 0. The summed E-state index contributed by atoms with van der Waals surface area (Å²) in [5.41, 5.74) is -0.681. The van der Waals surface area contributed by atoms with Crippen LogP contribution in [-0.2, 0) is 9.59 Å². The lowest BCUT2D eigenvalue weighted by molar-refractivity contribution is -0.139. The Hall–Kier alpha value is -0.710. The van der Waals surface area contributed by atoms with Crippen LogP contribution >= 0.6 is 11.8 Å². The van der Waals surface area contributed by atoms with E-state index in [2.05, 4.69) is 25.4 Å². The van der Waals surface area contributed by atoms with Gasteiger partial charge in [0, 0.05) is 24.3 Å². The lowest BCUT2D eigenvalue weighted by atomic mass is 9.93. The van der Waals surface area contributed by atoms with Gasteiger partial charge >= 0.3 is 0 Å². The first-order chi connectivity index (χ1) is 9.90. The van der Waals surface area contributed by atoms with Gasteiger partial charge in [-0.05, 0) is 44.8 Å². The van der Waals surface area contributed by atoms with E-state index in [0.29, 0.717) is 18.9 Å². The number of carbonyl (C=O) groups excluding carboxylic acids is 2. The SMILES string of the molecule is CCC(CC)(CN1CCC(=O)NC(C)(C2CC2)C1=O)SC. The highest BCUT2D eigenvalue weighted by Gasteiger charge is 2.51. The Morgan fingerprint density at radius 1 is 1.33 bits per heavy atom. The number of thioether (sulfide) groups is 1. The van der Waals surface area contributed by atoms with Gasteiger partial charge in [-0.1, -0.05) is 13.8 Å². The summed E-state index contributed by atoms with van der Waals surface area (Å²) in [7, 11) is 0. The molecule has 1 saturated carbocycles. The molecule has 1 N–H and O–H groups in total. The molecule has 2 amide bonds. The van der Waals surface area contributed by atoms with Gasteiger partial charge in [-0.15, -0.1) is 0 Å². The van der Waals surface area contributed by atoms with Crippen molar-refractivity contribution in [2.75, 3.05) is 19.3 Å². The molecule has 0 aromatic heterocycles. The van der Waals surface area contributed by atoms with E-state index in [1.54, 1.807) is 0 Å². The van der Waals surface area contributed by atoms with E-state index in [4.69, 9.17) is 0 Å². The van der Waals surface area contributed by atoms with Gasteiger partial charge in [0.2, 0.25) is 11.8 Å². The third-order valence-electron chi connectivity index (χ3n) is 5.33. The highest BCUT2D eigenvalue weighted by molar-refractivity contribution is 8.00. The van der Waals surface area contributed by atoms with Gasteiger partial charge in [0.1, 0.15) is 5.54 Å². The smallest absolute Gasteiger partial charge is 0.248 e. The molecule has 1 saturated heterocycles. The molecule has 0 aromatic carbocycles. The van der Waals surface area contributed by atoms with Gasteiger partial charge < -0.3 is 10.2 Å². The number of hydrogen-bond donors (Lipinski definition) is 1. The minimum Gasteiger partial charge on any atom is -0.342 e. The average molecular weight is 312 g/mol. The summed E-state index contributed by atoms with van der Waals surface area (Å²) < 4.78 is 0.105. The Balaban J connectivity index is 2.21. The van der Waals surface area contributed by atoms with Gasteiger partial charge in [-0.25, -0.2) is 0 Å². The van der Waals surface area contributed by atoms with E-state index >= 15 is 0 Å². The van der Waals surface area contributed by atoms with Crippen LogP contribution in [0.2, 0.25) is 0 Å². The predicted molar refractivity (Wildman–Crippen MR) is 87.3 cm³/mol. The monoisotopic (exact) mass is 312 g/mol. The molecular weight excluding hydrogens is 284 g/mol. The van der Waals surface area contributed by atoms with Crippen molar-refractivity contribution in [2.45, 2.75) is 63.2 Å². The Bertz CT molecular complexity index is 410. The molecule has 1 aliphatic heterocycles. The van der Waals surface area contributed by atoms with E-state index in [0.717, 1.165) is 32.2 Å². The van der Waals surface area contributed by atoms with Gasteiger partial charge in [0.15, 0.2) is 0 Å². The van der Waals surface area contributed by atoms with E-state index < -0.39 is 5.54 Å². The van der Waals surface area contributed by atoms with E-state index in [1.807, 2.05) is 23.6 Å². The van der Waals surface area contributed by atoms with E-state index in [-0.39, 0.29) is 16.6 Å². The van der Waals surface area contributed by atoms with Crippen molar-refractivity contribution >= 4 is 23.6 Å². The number of nitrogens with one attached hydrogen (secondary N) is 1. The molecule has 4 nitrogen and oxygen atoms in total. The van der Waals surface area contributed by atoms with Gasteiger partial charge in [0.05, 0.1) is 0 Å². The number of nitrogens with zero attached hydrogens (tertiary/aromatic N) is 1. The molecule has 21 heavy (non-hydrogen) atoms. The van der Waals surface area contributed by atoms with Crippen LogP contribution in [0.1, 0.15) is 52.9 Å². The third kappa shape index (κ3) is 3.22. The molecule has 120 valence electrons. The molecule has 0 aromatic rings. The fraction of sp³-hybridized carbons (Fsp3) is 0.875. The topological polar surface area (TPSA) is 49.4 Å². The molecule has 1 unspecified atom stereocenters. The van der Waals surface area contributed by atoms with Crippen LogP contribution in [0.5, 0.6) is 0 Å². The number of rotatable bonds is 6. The molecule has 1 atom stereocenters. The molecule has 0 spiro atoms. The highest BCUT2D eigenvalue weighted by atomic mass is 32.2. The second-order valence-corrected chi connectivity index (χ2v) is 7.87. The summed E-state index contributed by atoms with van der Waals surface area (Å²) in [6.45, 7) is 7.59. The maximum Gasteiger partial charge on any atom is 0.248 e. The zero-order valence-corrected chi connectivity index (χ0v) is 14.5. The van der Waals surface area contributed by atoms with Gasteiger partial charge in [0.25, 0.3) is 0 Å². The molecule has 1 aliphatic carbocycles. The van der Waals surface area contributed by atoms with Gasteiger partial charge in [-0.2, -0.15) is 11.8 Å². The van der Waals surface area contributed by atoms with Gasteiger partial charge in [-0.3, -0.25) is 9.59 Å². The molecule has 2 fully saturated rings. The second kappa shape index (κ2) is 6.19. The number of amides is 2. The summed E-state index contributed by atoms with van der Waals surface area (Å²) in [6.07, 6.45) is 6.72. The Morgan fingerprint density at radius 3 is 2.43 bits per heavy atom. The molecule has 2 aliphatic rings.